The van der Waals surface area contributed by atoms with Gasteiger partial charge in [0.25, 0.3) is 0 Å². The number of rotatable bonds is 6. The van der Waals surface area contributed by atoms with Crippen LogP contribution in [0.3, 0.4) is 0 Å². The summed E-state index contributed by atoms with van der Waals surface area (Å²) in [7, 11) is 0. The molecule has 0 saturated heterocycles. The van der Waals surface area contributed by atoms with Crippen molar-refractivity contribution < 1.29 is 4.39 Å². The minimum Gasteiger partial charge on any atom is -0.226 e. The van der Waals surface area contributed by atoms with Gasteiger partial charge in [-0.25, -0.2) is 9.07 Å². The van der Waals surface area contributed by atoms with Crippen LogP contribution in [0.2, 0.25) is 0 Å². The first-order chi connectivity index (χ1) is 13.6. The number of nitrogens with zero attached hydrogens (tertiary/aromatic N) is 6. The molecule has 0 fully saturated rings. The molecule has 0 spiro atoms. The van der Waals surface area contributed by atoms with Crippen LogP contribution >= 0.6 is 11.8 Å². The summed E-state index contributed by atoms with van der Waals surface area (Å²) in [6.07, 6.45) is 1.73. The van der Waals surface area contributed by atoms with Gasteiger partial charge in [-0.3, -0.25) is 0 Å². The lowest BCUT2D eigenvalue weighted by molar-refractivity contribution is 0.455. The molecule has 4 rings (SSSR count). The first-order valence-electron chi connectivity index (χ1n) is 8.92. The molecule has 0 atom stereocenters. The lowest BCUT2D eigenvalue weighted by atomic mass is 10.2. The third-order valence-electron chi connectivity index (χ3n) is 4.15. The van der Waals surface area contributed by atoms with Crippen LogP contribution in [0.15, 0.2) is 65.8 Å². The average molecular weight is 394 g/mol. The molecule has 8 heteroatoms. The smallest absolute Gasteiger partial charge is 0.209 e. The van der Waals surface area contributed by atoms with E-state index in [1.54, 1.807) is 39.6 Å². The Balaban J connectivity index is 1.73. The lowest BCUT2D eigenvalue weighted by Gasteiger charge is -2.09. The molecule has 0 aliphatic rings. The van der Waals surface area contributed by atoms with E-state index in [1.165, 1.54) is 17.7 Å². The van der Waals surface area contributed by atoms with Crippen molar-refractivity contribution in [3.8, 4) is 17.1 Å². The van der Waals surface area contributed by atoms with Gasteiger partial charge in [0.05, 0.1) is 23.5 Å². The Hall–Kier alpha value is -3.00. The molecule has 0 bridgehead atoms. The van der Waals surface area contributed by atoms with Crippen molar-refractivity contribution in [2.75, 3.05) is 0 Å². The summed E-state index contributed by atoms with van der Waals surface area (Å²) in [4.78, 5) is 1.58. The van der Waals surface area contributed by atoms with Gasteiger partial charge in [-0.05, 0) is 48.9 Å². The Kier molecular flexibility index (Phi) is 5.21. The van der Waals surface area contributed by atoms with E-state index in [0.717, 1.165) is 22.0 Å². The summed E-state index contributed by atoms with van der Waals surface area (Å²) in [6, 6.07) is 16.6. The van der Waals surface area contributed by atoms with Gasteiger partial charge in [0.15, 0.2) is 0 Å². The maximum atomic E-state index is 13.4. The second-order valence-electron chi connectivity index (χ2n) is 6.55. The number of aromatic nitrogens is 6. The van der Waals surface area contributed by atoms with E-state index in [4.69, 9.17) is 0 Å². The molecule has 4 aromatic rings. The van der Waals surface area contributed by atoms with E-state index in [9.17, 15) is 4.39 Å². The molecular weight excluding hydrogens is 375 g/mol. The molecule has 0 aliphatic heterocycles. The van der Waals surface area contributed by atoms with Gasteiger partial charge in [0.1, 0.15) is 10.8 Å². The van der Waals surface area contributed by atoms with Gasteiger partial charge in [-0.1, -0.05) is 30.3 Å². The summed E-state index contributed by atoms with van der Waals surface area (Å²) in [5.74, 6) is 1.01. The van der Waals surface area contributed by atoms with E-state index < -0.39 is 0 Å². The molecule has 0 radical (unpaired) electrons. The van der Waals surface area contributed by atoms with Crippen molar-refractivity contribution >= 4 is 11.8 Å². The van der Waals surface area contributed by atoms with Gasteiger partial charge in [-0.2, -0.15) is 9.90 Å². The fraction of sp³-hybridized carbons (Fsp3) is 0.200. The number of halogens is 1. The van der Waals surface area contributed by atoms with Crippen LogP contribution in [-0.4, -0.2) is 30.0 Å². The quantitative estimate of drug-likeness (QED) is 0.449. The number of hydrogen-bond donors (Lipinski definition) is 0. The molecule has 0 N–H and O–H groups in total. The van der Waals surface area contributed by atoms with Crippen LogP contribution < -0.4 is 0 Å². The van der Waals surface area contributed by atoms with Gasteiger partial charge < -0.3 is 0 Å². The Morgan fingerprint density at radius 3 is 2.46 bits per heavy atom. The first kappa shape index (κ1) is 18.4. The van der Waals surface area contributed by atoms with E-state index in [-0.39, 0.29) is 11.9 Å². The molecule has 0 amide bonds. The molecule has 6 nitrogen and oxygen atoms in total. The van der Waals surface area contributed by atoms with Gasteiger partial charge >= 0.3 is 0 Å². The standard InChI is InChI=1S/C20H19FN6S/c1-14(2)27-24-19(23-25-27)18-12-22-26(17-10-8-16(21)9-11-17)20(18)28-13-15-6-4-3-5-7-15/h3-12,14H,13H2,1-2H3. The Labute approximate surface area is 166 Å². The lowest BCUT2D eigenvalue weighted by Crippen LogP contribution is -2.04. The largest absolute Gasteiger partial charge is 0.226 e. The predicted octanol–water partition coefficient (Wildman–Crippen LogP) is 4.54. The minimum absolute atomic E-state index is 0.119. The summed E-state index contributed by atoms with van der Waals surface area (Å²) in [6.45, 7) is 4.00. The van der Waals surface area contributed by atoms with E-state index in [1.807, 2.05) is 32.0 Å². The van der Waals surface area contributed by atoms with Crippen molar-refractivity contribution in [2.24, 2.45) is 0 Å². The number of hydrogen-bond acceptors (Lipinski definition) is 5. The van der Waals surface area contributed by atoms with Gasteiger partial charge in [0.2, 0.25) is 5.82 Å². The summed E-state index contributed by atoms with van der Waals surface area (Å²) in [5, 5.41) is 18.2. The molecule has 0 unspecified atom stereocenters. The Bertz CT molecular complexity index is 1060. The molecule has 2 aromatic carbocycles. The molecule has 28 heavy (non-hydrogen) atoms. The SMILES string of the molecule is CC(C)n1nnc(-c2cnn(-c3ccc(F)cc3)c2SCc2ccccc2)n1. The highest BCUT2D eigenvalue weighted by molar-refractivity contribution is 7.98. The van der Waals surface area contributed by atoms with Crippen molar-refractivity contribution in [2.45, 2.75) is 30.7 Å². The Morgan fingerprint density at radius 2 is 1.79 bits per heavy atom. The number of benzene rings is 2. The third-order valence-corrected chi connectivity index (χ3v) is 5.29. The zero-order valence-electron chi connectivity index (χ0n) is 15.5. The fourth-order valence-corrected chi connectivity index (χ4v) is 3.74. The normalized spacial score (nSPS) is 11.3. The zero-order chi connectivity index (χ0) is 19.5. The maximum Gasteiger partial charge on any atom is 0.209 e. The van der Waals surface area contributed by atoms with Crippen LogP contribution in [0.25, 0.3) is 17.1 Å². The molecular formula is C20H19FN6S. The maximum absolute atomic E-state index is 13.4. The monoisotopic (exact) mass is 394 g/mol. The summed E-state index contributed by atoms with van der Waals surface area (Å²) < 4.78 is 15.1. The topological polar surface area (TPSA) is 61.4 Å². The highest BCUT2D eigenvalue weighted by atomic mass is 32.2. The average Bonchev–Trinajstić information content (AvgIpc) is 3.35. The zero-order valence-corrected chi connectivity index (χ0v) is 16.3. The second-order valence-corrected chi connectivity index (χ2v) is 7.52. The van der Waals surface area contributed by atoms with Gasteiger partial charge in [-0.15, -0.1) is 22.0 Å². The second kappa shape index (κ2) is 7.93. The molecule has 142 valence electrons. The van der Waals surface area contributed by atoms with Crippen LogP contribution in [0, 0.1) is 5.82 Å². The van der Waals surface area contributed by atoms with Crippen LogP contribution in [0.4, 0.5) is 4.39 Å². The predicted molar refractivity (Wildman–Crippen MR) is 107 cm³/mol. The minimum atomic E-state index is -0.281. The van der Waals surface area contributed by atoms with Crippen molar-refractivity contribution in [1.29, 1.82) is 0 Å². The van der Waals surface area contributed by atoms with E-state index in [0.29, 0.717) is 5.82 Å². The van der Waals surface area contributed by atoms with E-state index >= 15 is 0 Å². The van der Waals surface area contributed by atoms with Crippen molar-refractivity contribution in [1.82, 2.24) is 30.0 Å². The highest BCUT2D eigenvalue weighted by Crippen LogP contribution is 2.33. The van der Waals surface area contributed by atoms with Gasteiger partial charge in [0, 0.05) is 5.75 Å². The molecule has 2 heterocycles. The van der Waals surface area contributed by atoms with Crippen molar-refractivity contribution in [3.05, 3.63) is 72.2 Å². The van der Waals surface area contributed by atoms with Crippen LogP contribution in [-0.2, 0) is 5.75 Å². The van der Waals surface area contributed by atoms with Crippen LogP contribution in [0.1, 0.15) is 25.5 Å². The molecule has 0 saturated carbocycles. The fourth-order valence-electron chi connectivity index (χ4n) is 2.67. The Morgan fingerprint density at radius 1 is 1.04 bits per heavy atom. The summed E-state index contributed by atoms with van der Waals surface area (Å²) >= 11 is 1.63. The molecule has 2 aromatic heterocycles. The number of thioether (sulfide) groups is 1. The number of tetrazole rings is 1. The first-order valence-corrected chi connectivity index (χ1v) is 9.91. The third kappa shape index (κ3) is 3.82. The molecule has 0 aliphatic carbocycles. The van der Waals surface area contributed by atoms with E-state index in [2.05, 4.69) is 32.6 Å². The summed E-state index contributed by atoms with van der Waals surface area (Å²) in [5.41, 5.74) is 2.78. The van der Waals surface area contributed by atoms with Crippen LogP contribution in [0.5, 0.6) is 0 Å². The highest BCUT2D eigenvalue weighted by Gasteiger charge is 2.19. The van der Waals surface area contributed by atoms with Crippen molar-refractivity contribution in [3.63, 3.8) is 0 Å².